The van der Waals surface area contributed by atoms with Crippen molar-refractivity contribution in [3.8, 4) is 0 Å². The second-order valence-corrected chi connectivity index (χ2v) is 9.21. The maximum absolute atomic E-state index is 11.6. The Kier molecular flexibility index (Phi) is 5.82. The number of halogens is 1. The van der Waals surface area contributed by atoms with Gasteiger partial charge in [0.05, 0.1) is 19.5 Å². The fraction of sp³-hybridized carbons (Fsp3) is 0.625. The van der Waals surface area contributed by atoms with Gasteiger partial charge in [0.15, 0.2) is 0 Å². The molecule has 0 amide bonds. The molecule has 2 aliphatic rings. The summed E-state index contributed by atoms with van der Waals surface area (Å²) in [7, 11) is -3.07. The number of benzene rings is 1. The van der Waals surface area contributed by atoms with Crippen molar-refractivity contribution in [2.24, 2.45) is 0 Å². The molecule has 0 atom stereocenters. The van der Waals surface area contributed by atoms with Gasteiger partial charge in [-0.05, 0) is 17.7 Å². The van der Waals surface area contributed by atoms with Gasteiger partial charge in [-0.25, -0.2) is 8.42 Å². The lowest BCUT2D eigenvalue weighted by molar-refractivity contribution is 0.122. The van der Waals surface area contributed by atoms with E-state index in [0.717, 1.165) is 50.4 Å². The SMILES string of the molecule is CS(=O)(=O)N1CCN(Cc2ccc(Br)cc2N2CCOCC2)CC1. The van der Waals surface area contributed by atoms with E-state index in [0.29, 0.717) is 13.1 Å². The number of piperazine rings is 1. The summed E-state index contributed by atoms with van der Waals surface area (Å²) in [6, 6.07) is 6.41. The van der Waals surface area contributed by atoms with Crippen LogP contribution in [0.5, 0.6) is 0 Å². The lowest BCUT2D eigenvalue weighted by Gasteiger charge is -2.35. The number of nitrogens with zero attached hydrogens (tertiary/aromatic N) is 3. The summed E-state index contributed by atoms with van der Waals surface area (Å²) in [5.41, 5.74) is 2.53. The van der Waals surface area contributed by atoms with Crippen molar-refractivity contribution in [3.63, 3.8) is 0 Å². The van der Waals surface area contributed by atoms with Crippen LogP contribution in [0.1, 0.15) is 5.56 Å². The molecule has 24 heavy (non-hydrogen) atoms. The molecule has 0 saturated carbocycles. The smallest absolute Gasteiger partial charge is 0.211 e. The number of morpholine rings is 1. The minimum atomic E-state index is -3.07. The summed E-state index contributed by atoms with van der Waals surface area (Å²) >= 11 is 3.57. The lowest BCUT2D eigenvalue weighted by atomic mass is 10.1. The molecule has 0 radical (unpaired) electrons. The number of hydrogen-bond acceptors (Lipinski definition) is 5. The molecule has 6 nitrogen and oxygen atoms in total. The van der Waals surface area contributed by atoms with E-state index in [2.05, 4.69) is 43.9 Å². The molecule has 1 aromatic rings. The molecule has 2 fully saturated rings. The molecule has 0 bridgehead atoms. The molecule has 3 rings (SSSR count). The highest BCUT2D eigenvalue weighted by molar-refractivity contribution is 9.10. The maximum Gasteiger partial charge on any atom is 0.211 e. The number of anilines is 1. The van der Waals surface area contributed by atoms with Crippen LogP contribution in [0.2, 0.25) is 0 Å². The minimum absolute atomic E-state index is 0.572. The summed E-state index contributed by atoms with van der Waals surface area (Å²) in [6.45, 7) is 6.87. The number of rotatable bonds is 4. The zero-order chi connectivity index (χ0) is 17.2. The van der Waals surface area contributed by atoms with Crippen LogP contribution in [0.25, 0.3) is 0 Å². The van der Waals surface area contributed by atoms with Crippen molar-refractivity contribution in [2.45, 2.75) is 6.54 Å². The third-order valence-corrected chi connectivity index (χ3v) is 6.39. The Morgan fingerprint density at radius 2 is 1.75 bits per heavy atom. The number of ether oxygens (including phenoxy) is 1. The summed E-state index contributed by atoms with van der Waals surface area (Å²) in [5, 5.41) is 0. The van der Waals surface area contributed by atoms with Crippen molar-refractivity contribution >= 4 is 31.6 Å². The molecule has 2 aliphatic heterocycles. The summed E-state index contributed by atoms with van der Waals surface area (Å²) in [4.78, 5) is 4.70. The van der Waals surface area contributed by atoms with Gasteiger partial charge in [0, 0.05) is 56.0 Å². The van der Waals surface area contributed by atoms with Crippen LogP contribution < -0.4 is 4.90 Å². The first-order valence-corrected chi connectivity index (χ1v) is 10.9. The van der Waals surface area contributed by atoms with E-state index in [-0.39, 0.29) is 0 Å². The standard InChI is InChI=1S/C16H24BrN3O3S/c1-24(21,22)20-6-4-18(5-7-20)13-14-2-3-15(17)12-16(14)19-8-10-23-11-9-19/h2-3,12H,4-11,13H2,1H3. The van der Waals surface area contributed by atoms with Crippen LogP contribution in [0.3, 0.4) is 0 Å². The van der Waals surface area contributed by atoms with E-state index in [1.54, 1.807) is 4.31 Å². The summed E-state index contributed by atoms with van der Waals surface area (Å²) in [6.07, 6.45) is 1.29. The van der Waals surface area contributed by atoms with Gasteiger partial charge in [-0.3, -0.25) is 4.90 Å². The maximum atomic E-state index is 11.6. The average Bonchev–Trinajstić information content (AvgIpc) is 2.57. The van der Waals surface area contributed by atoms with Gasteiger partial charge in [0.2, 0.25) is 10.0 Å². The Balaban J connectivity index is 1.69. The third kappa shape index (κ3) is 4.49. The van der Waals surface area contributed by atoms with Gasteiger partial charge < -0.3 is 9.64 Å². The molecular weight excluding hydrogens is 394 g/mol. The lowest BCUT2D eigenvalue weighted by Crippen LogP contribution is -2.48. The van der Waals surface area contributed by atoms with E-state index >= 15 is 0 Å². The van der Waals surface area contributed by atoms with Gasteiger partial charge in [0.25, 0.3) is 0 Å². The van der Waals surface area contributed by atoms with Gasteiger partial charge in [-0.1, -0.05) is 22.0 Å². The first-order valence-electron chi connectivity index (χ1n) is 8.22. The molecule has 0 N–H and O–H groups in total. The van der Waals surface area contributed by atoms with E-state index in [4.69, 9.17) is 4.74 Å². The van der Waals surface area contributed by atoms with Crippen molar-refractivity contribution in [2.75, 3.05) is 63.6 Å². The van der Waals surface area contributed by atoms with Gasteiger partial charge in [0.1, 0.15) is 0 Å². The molecule has 1 aromatic carbocycles. The number of sulfonamides is 1. The van der Waals surface area contributed by atoms with E-state index in [9.17, 15) is 8.42 Å². The minimum Gasteiger partial charge on any atom is -0.378 e. The molecule has 8 heteroatoms. The van der Waals surface area contributed by atoms with Gasteiger partial charge in [-0.15, -0.1) is 0 Å². The van der Waals surface area contributed by atoms with Crippen LogP contribution in [-0.4, -0.2) is 76.4 Å². The van der Waals surface area contributed by atoms with Crippen molar-refractivity contribution in [1.82, 2.24) is 9.21 Å². The highest BCUT2D eigenvalue weighted by Gasteiger charge is 2.24. The molecule has 2 heterocycles. The molecule has 0 unspecified atom stereocenters. The van der Waals surface area contributed by atoms with Crippen LogP contribution in [0.15, 0.2) is 22.7 Å². The second kappa shape index (κ2) is 7.70. The Morgan fingerprint density at radius 1 is 1.08 bits per heavy atom. The monoisotopic (exact) mass is 417 g/mol. The van der Waals surface area contributed by atoms with Gasteiger partial charge >= 0.3 is 0 Å². The molecule has 0 spiro atoms. The van der Waals surface area contributed by atoms with Crippen molar-refractivity contribution < 1.29 is 13.2 Å². The Labute approximate surface area is 152 Å². The Morgan fingerprint density at radius 3 is 2.38 bits per heavy atom. The predicted octanol–water partition coefficient (Wildman–Crippen LogP) is 1.36. The fourth-order valence-electron chi connectivity index (χ4n) is 3.23. The molecule has 134 valence electrons. The first-order chi connectivity index (χ1) is 11.4. The highest BCUT2D eigenvalue weighted by Crippen LogP contribution is 2.27. The molecular formula is C16H24BrN3O3S. The number of hydrogen-bond donors (Lipinski definition) is 0. The van der Waals surface area contributed by atoms with Crippen LogP contribution in [0.4, 0.5) is 5.69 Å². The van der Waals surface area contributed by atoms with Crippen LogP contribution >= 0.6 is 15.9 Å². The van der Waals surface area contributed by atoms with Crippen LogP contribution in [0, 0.1) is 0 Å². The Hall–Kier alpha value is -0.670. The van der Waals surface area contributed by atoms with Crippen molar-refractivity contribution in [3.05, 3.63) is 28.2 Å². The first kappa shape index (κ1) is 18.1. The van der Waals surface area contributed by atoms with Gasteiger partial charge in [-0.2, -0.15) is 4.31 Å². The second-order valence-electron chi connectivity index (χ2n) is 6.31. The summed E-state index contributed by atoms with van der Waals surface area (Å²) in [5.74, 6) is 0. The fourth-order valence-corrected chi connectivity index (χ4v) is 4.41. The predicted molar refractivity (Wildman–Crippen MR) is 98.9 cm³/mol. The summed E-state index contributed by atoms with van der Waals surface area (Å²) < 4.78 is 31.4. The topological polar surface area (TPSA) is 53.1 Å². The molecule has 2 saturated heterocycles. The Bertz CT molecular complexity index is 669. The normalized spacial score (nSPS) is 21.2. The average molecular weight is 418 g/mol. The van der Waals surface area contributed by atoms with Crippen LogP contribution in [-0.2, 0) is 21.3 Å². The van der Waals surface area contributed by atoms with Crippen molar-refractivity contribution in [1.29, 1.82) is 0 Å². The largest absolute Gasteiger partial charge is 0.378 e. The van der Waals surface area contributed by atoms with E-state index < -0.39 is 10.0 Å². The zero-order valence-electron chi connectivity index (χ0n) is 13.9. The van der Waals surface area contributed by atoms with E-state index in [1.165, 1.54) is 17.5 Å². The quantitative estimate of drug-likeness (QED) is 0.740. The zero-order valence-corrected chi connectivity index (χ0v) is 16.4. The highest BCUT2D eigenvalue weighted by atomic mass is 79.9. The third-order valence-electron chi connectivity index (χ3n) is 4.59. The van der Waals surface area contributed by atoms with E-state index in [1.807, 2.05) is 0 Å². The molecule has 0 aromatic heterocycles. The molecule has 0 aliphatic carbocycles.